The second-order valence-corrected chi connectivity index (χ2v) is 11.2. The van der Waals surface area contributed by atoms with Crippen molar-refractivity contribution >= 4 is 17.5 Å². The molecule has 0 aromatic heterocycles. The van der Waals surface area contributed by atoms with Crippen LogP contribution in [0.2, 0.25) is 0 Å². The SMILES string of the molecule is O=C(CNC(=O)c1cccc(C(F)(F)F)c1)N[C@@H]1CCN(C2CCC(O)(c3ccc(N4CCOCC4)cc3)CC2)C1. The first-order valence-corrected chi connectivity index (χ1v) is 14.3. The molecule has 0 bridgehead atoms. The van der Waals surface area contributed by atoms with Crippen molar-refractivity contribution < 1.29 is 32.6 Å². The van der Waals surface area contributed by atoms with Gasteiger partial charge in [0.1, 0.15) is 0 Å². The fourth-order valence-electron chi connectivity index (χ4n) is 6.15. The minimum absolute atomic E-state index is 0.0681. The van der Waals surface area contributed by atoms with E-state index in [0.29, 0.717) is 25.4 Å². The summed E-state index contributed by atoms with van der Waals surface area (Å²) in [6.07, 6.45) is -0.719. The van der Waals surface area contributed by atoms with E-state index in [-0.39, 0.29) is 24.1 Å². The van der Waals surface area contributed by atoms with Crippen LogP contribution in [0.4, 0.5) is 18.9 Å². The van der Waals surface area contributed by atoms with Gasteiger partial charge in [-0.05, 0) is 68.0 Å². The van der Waals surface area contributed by atoms with Crippen molar-refractivity contribution in [3.63, 3.8) is 0 Å². The summed E-state index contributed by atoms with van der Waals surface area (Å²) in [5.74, 6) is -1.11. The first-order chi connectivity index (χ1) is 19.6. The average Bonchev–Trinajstić information content (AvgIpc) is 3.44. The van der Waals surface area contributed by atoms with Crippen LogP contribution in [0.3, 0.4) is 0 Å². The number of rotatable bonds is 7. The number of halogens is 3. The lowest BCUT2D eigenvalue weighted by Crippen LogP contribution is -2.45. The number of hydrogen-bond donors (Lipinski definition) is 3. The molecular formula is C30H37F3N4O4. The van der Waals surface area contributed by atoms with Gasteiger partial charge in [-0.1, -0.05) is 18.2 Å². The van der Waals surface area contributed by atoms with Gasteiger partial charge in [0.15, 0.2) is 0 Å². The van der Waals surface area contributed by atoms with Crippen molar-refractivity contribution in [3.05, 3.63) is 65.2 Å². The molecule has 2 amide bonds. The van der Waals surface area contributed by atoms with Gasteiger partial charge in [0.25, 0.3) is 5.91 Å². The number of aliphatic hydroxyl groups is 1. The quantitative estimate of drug-likeness (QED) is 0.470. The molecule has 41 heavy (non-hydrogen) atoms. The molecule has 2 saturated heterocycles. The summed E-state index contributed by atoms with van der Waals surface area (Å²) < 4.78 is 44.2. The number of nitrogens with zero attached hydrogens (tertiary/aromatic N) is 2. The highest BCUT2D eigenvalue weighted by Crippen LogP contribution is 2.40. The molecule has 0 spiro atoms. The Morgan fingerprint density at radius 3 is 2.39 bits per heavy atom. The van der Waals surface area contributed by atoms with Gasteiger partial charge in [0, 0.05) is 49.5 Å². The summed E-state index contributed by atoms with van der Waals surface area (Å²) in [6, 6.07) is 12.6. The minimum atomic E-state index is -4.55. The molecule has 3 aliphatic rings. The highest BCUT2D eigenvalue weighted by Gasteiger charge is 2.38. The number of likely N-dealkylation sites (tertiary alicyclic amines) is 1. The predicted molar refractivity (Wildman–Crippen MR) is 148 cm³/mol. The fourth-order valence-corrected chi connectivity index (χ4v) is 6.15. The van der Waals surface area contributed by atoms with E-state index in [1.807, 2.05) is 12.1 Å². The number of amides is 2. The summed E-state index contributed by atoms with van der Waals surface area (Å²) in [5.41, 5.74) is 0.195. The van der Waals surface area contributed by atoms with Crippen LogP contribution in [-0.2, 0) is 21.3 Å². The van der Waals surface area contributed by atoms with Gasteiger partial charge in [-0.15, -0.1) is 0 Å². The lowest BCUT2D eigenvalue weighted by Gasteiger charge is -2.40. The van der Waals surface area contributed by atoms with Crippen LogP contribution in [0.5, 0.6) is 0 Å². The van der Waals surface area contributed by atoms with E-state index in [0.717, 1.165) is 75.5 Å². The van der Waals surface area contributed by atoms with Crippen LogP contribution in [-0.4, -0.2) is 79.8 Å². The largest absolute Gasteiger partial charge is 0.416 e. The van der Waals surface area contributed by atoms with Crippen LogP contribution < -0.4 is 15.5 Å². The van der Waals surface area contributed by atoms with Crippen molar-refractivity contribution in [2.45, 2.75) is 56.0 Å². The van der Waals surface area contributed by atoms with E-state index in [2.05, 4.69) is 32.6 Å². The molecule has 1 saturated carbocycles. The molecule has 2 aliphatic heterocycles. The standard InChI is InChI=1S/C30H37F3N4O4/c31-30(32,33)23-3-1-2-21(18-23)28(39)34-19-27(38)35-24-10-13-37(20-24)26-8-11-29(40,12-9-26)22-4-6-25(7-5-22)36-14-16-41-17-15-36/h1-7,18,24,26,40H,8-17,19-20H2,(H,34,39)(H,35,38)/t24-,26?,29?/m1/s1. The van der Waals surface area contributed by atoms with Crippen molar-refractivity contribution in [2.24, 2.45) is 0 Å². The highest BCUT2D eigenvalue weighted by atomic mass is 19.4. The summed E-state index contributed by atoms with van der Waals surface area (Å²) in [6.45, 7) is 4.41. The van der Waals surface area contributed by atoms with Crippen molar-refractivity contribution in [1.82, 2.24) is 15.5 Å². The smallest absolute Gasteiger partial charge is 0.385 e. The average molecular weight is 575 g/mol. The van der Waals surface area contributed by atoms with Gasteiger partial charge in [-0.25, -0.2) is 0 Å². The molecule has 1 atom stereocenters. The number of hydrogen-bond acceptors (Lipinski definition) is 6. The summed E-state index contributed by atoms with van der Waals surface area (Å²) >= 11 is 0. The van der Waals surface area contributed by atoms with Crippen LogP contribution in [0, 0.1) is 0 Å². The van der Waals surface area contributed by atoms with Crippen molar-refractivity contribution in [2.75, 3.05) is 50.8 Å². The van der Waals surface area contributed by atoms with Gasteiger partial charge >= 0.3 is 6.18 Å². The number of alkyl halides is 3. The van der Waals surface area contributed by atoms with E-state index in [1.165, 1.54) is 12.1 Å². The van der Waals surface area contributed by atoms with E-state index in [4.69, 9.17) is 4.74 Å². The van der Waals surface area contributed by atoms with E-state index < -0.39 is 23.2 Å². The van der Waals surface area contributed by atoms with Gasteiger partial charge in [-0.3, -0.25) is 14.5 Å². The third kappa shape index (κ3) is 7.20. The molecule has 2 heterocycles. The summed E-state index contributed by atoms with van der Waals surface area (Å²) in [7, 11) is 0. The second-order valence-electron chi connectivity index (χ2n) is 11.2. The normalized spacial score (nSPS) is 25.6. The number of nitrogens with one attached hydrogen (secondary N) is 2. The number of carbonyl (C=O) groups is 2. The van der Waals surface area contributed by atoms with Crippen LogP contribution >= 0.6 is 0 Å². The third-order valence-electron chi connectivity index (χ3n) is 8.53. The Morgan fingerprint density at radius 1 is 1.00 bits per heavy atom. The third-order valence-corrected chi connectivity index (χ3v) is 8.53. The van der Waals surface area contributed by atoms with Gasteiger partial charge < -0.3 is 25.4 Å². The molecular weight excluding hydrogens is 537 g/mol. The zero-order valence-electron chi connectivity index (χ0n) is 23.0. The summed E-state index contributed by atoms with van der Waals surface area (Å²) in [5, 5.41) is 16.7. The Hall–Kier alpha value is -3.15. The zero-order chi connectivity index (χ0) is 29.0. The topological polar surface area (TPSA) is 94.1 Å². The monoisotopic (exact) mass is 574 g/mol. The molecule has 8 nitrogen and oxygen atoms in total. The molecule has 0 unspecified atom stereocenters. The Morgan fingerprint density at radius 2 is 1.71 bits per heavy atom. The number of morpholine rings is 1. The Labute approximate surface area is 237 Å². The lowest BCUT2D eigenvalue weighted by molar-refractivity contribution is -0.137. The maximum Gasteiger partial charge on any atom is 0.416 e. The van der Waals surface area contributed by atoms with Crippen LogP contribution in [0.1, 0.15) is 53.6 Å². The molecule has 1 aliphatic carbocycles. The predicted octanol–water partition coefficient (Wildman–Crippen LogP) is 3.29. The molecule has 3 fully saturated rings. The Kier molecular flexibility index (Phi) is 8.86. The van der Waals surface area contributed by atoms with Gasteiger partial charge in [0.05, 0.1) is 30.9 Å². The molecule has 3 N–H and O–H groups in total. The maximum atomic E-state index is 12.9. The van der Waals surface area contributed by atoms with Crippen molar-refractivity contribution in [3.8, 4) is 0 Å². The van der Waals surface area contributed by atoms with Gasteiger partial charge in [-0.2, -0.15) is 13.2 Å². The zero-order valence-corrected chi connectivity index (χ0v) is 23.0. The highest BCUT2D eigenvalue weighted by molar-refractivity contribution is 5.96. The Bertz CT molecular complexity index is 1210. The first-order valence-electron chi connectivity index (χ1n) is 14.3. The lowest BCUT2D eigenvalue weighted by atomic mass is 9.77. The number of carbonyl (C=O) groups excluding carboxylic acids is 2. The van der Waals surface area contributed by atoms with E-state index in [9.17, 15) is 27.9 Å². The summed E-state index contributed by atoms with van der Waals surface area (Å²) in [4.78, 5) is 29.4. The van der Waals surface area contributed by atoms with Crippen LogP contribution in [0.25, 0.3) is 0 Å². The van der Waals surface area contributed by atoms with Crippen molar-refractivity contribution in [1.29, 1.82) is 0 Å². The fraction of sp³-hybridized carbons (Fsp3) is 0.533. The molecule has 222 valence electrons. The molecule has 11 heteroatoms. The Balaban J connectivity index is 1.05. The van der Waals surface area contributed by atoms with E-state index >= 15 is 0 Å². The second kappa shape index (κ2) is 12.4. The number of benzene rings is 2. The van der Waals surface area contributed by atoms with Gasteiger partial charge in [0.2, 0.25) is 5.91 Å². The number of anilines is 1. The molecule has 2 aromatic carbocycles. The minimum Gasteiger partial charge on any atom is -0.385 e. The van der Waals surface area contributed by atoms with E-state index in [1.54, 1.807) is 0 Å². The first kappa shape index (κ1) is 29.3. The molecule has 0 radical (unpaired) electrons. The maximum absolute atomic E-state index is 12.9. The van der Waals surface area contributed by atoms with Crippen LogP contribution in [0.15, 0.2) is 48.5 Å². The molecule has 2 aromatic rings. The number of ether oxygens (including phenoxy) is 1. The molecule has 5 rings (SSSR count).